The summed E-state index contributed by atoms with van der Waals surface area (Å²) in [5.41, 5.74) is 1.05. The summed E-state index contributed by atoms with van der Waals surface area (Å²) in [4.78, 5) is 29.1. The first-order valence-corrected chi connectivity index (χ1v) is 14.6. The number of sulfonamides is 1. The van der Waals surface area contributed by atoms with E-state index in [1.165, 1.54) is 36.2 Å². The quantitative estimate of drug-likeness (QED) is 0.357. The smallest absolute Gasteiger partial charge is 0.243 e. The van der Waals surface area contributed by atoms with Crippen LogP contribution in [0.25, 0.3) is 0 Å². The fraction of sp³-hybridized carbons (Fsp3) is 0.333. The van der Waals surface area contributed by atoms with E-state index in [4.69, 9.17) is 16.3 Å². The van der Waals surface area contributed by atoms with E-state index in [0.29, 0.717) is 10.8 Å². The lowest BCUT2D eigenvalue weighted by molar-refractivity contribution is -0.141. The first-order valence-electron chi connectivity index (χ1n) is 12.8. The zero-order valence-electron chi connectivity index (χ0n) is 23.4. The van der Waals surface area contributed by atoms with Gasteiger partial charge in [0.1, 0.15) is 11.8 Å². The molecule has 0 unspecified atom stereocenters. The van der Waals surface area contributed by atoms with Crippen molar-refractivity contribution in [3.63, 3.8) is 0 Å². The number of ether oxygens (including phenoxy) is 1. The number of carbonyl (C=O) groups excluding carboxylic acids is 2. The van der Waals surface area contributed by atoms with E-state index >= 15 is 0 Å². The molecule has 2 amide bonds. The minimum absolute atomic E-state index is 0.0119. The van der Waals surface area contributed by atoms with E-state index in [9.17, 15) is 18.0 Å². The van der Waals surface area contributed by atoms with Crippen LogP contribution in [0, 0.1) is 0 Å². The van der Waals surface area contributed by atoms with Gasteiger partial charge >= 0.3 is 0 Å². The highest BCUT2D eigenvalue weighted by Crippen LogP contribution is 2.21. The summed E-state index contributed by atoms with van der Waals surface area (Å²) >= 11 is 5.93. The number of nitrogens with one attached hydrogen (secondary N) is 1. The Morgan fingerprint density at radius 1 is 0.950 bits per heavy atom. The Bertz CT molecular complexity index is 1410. The molecule has 1 N–H and O–H groups in total. The molecule has 8 nitrogen and oxygen atoms in total. The molecular weight excluding hydrogens is 550 g/mol. The van der Waals surface area contributed by atoms with Gasteiger partial charge in [-0.05, 0) is 68.3 Å². The monoisotopic (exact) mass is 585 g/mol. The summed E-state index contributed by atoms with van der Waals surface area (Å²) in [7, 11) is -1.11. The Balaban J connectivity index is 2.01. The van der Waals surface area contributed by atoms with Crippen molar-refractivity contribution >= 4 is 33.4 Å². The maximum atomic E-state index is 13.9. The zero-order valence-corrected chi connectivity index (χ0v) is 25.0. The molecule has 0 heterocycles. The SMILES string of the molecule is COc1cccc(CN(C(=O)CN(C)S(=O)(=O)c2ccc(Cl)cc2)[C@@H](Cc2ccccc2)C(=O)NC(C)(C)C)c1. The molecule has 3 rings (SSSR count). The van der Waals surface area contributed by atoms with E-state index < -0.39 is 34.1 Å². The van der Waals surface area contributed by atoms with E-state index in [1.54, 1.807) is 25.3 Å². The average molecular weight is 586 g/mol. The molecule has 3 aromatic rings. The van der Waals surface area contributed by atoms with Gasteiger partial charge in [-0.2, -0.15) is 4.31 Å². The van der Waals surface area contributed by atoms with Crippen molar-refractivity contribution in [1.82, 2.24) is 14.5 Å². The highest BCUT2D eigenvalue weighted by atomic mass is 35.5. The number of amides is 2. The fourth-order valence-electron chi connectivity index (χ4n) is 4.13. The van der Waals surface area contributed by atoms with Gasteiger partial charge in [-0.15, -0.1) is 0 Å². The Morgan fingerprint density at radius 2 is 1.57 bits per heavy atom. The molecule has 1 atom stereocenters. The molecule has 214 valence electrons. The van der Waals surface area contributed by atoms with Gasteiger partial charge in [-0.25, -0.2) is 8.42 Å². The predicted octanol–water partition coefficient (Wildman–Crippen LogP) is 4.52. The largest absolute Gasteiger partial charge is 0.497 e. The van der Waals surface area contributed by atoms with Gasteiger partial charge < -0.3 is 15.0 Å². The summed E-state index contributed by atoms with van der Waals surface area (Å²) in [6.45, 7) is 5.20. The molecular formula is C30H36ClN3O5S. The van der Waals surface area contributed by atoms with Gasteiger partial charge in [-0.3, -0.25) is 9.59 Å². The van der Waals surface area contributed by atoms with Crippen molar-refractivity contribution in [2.75, 3.05) is 20.7 Å². The standard InChI is InChI=1S/C30H36ClN3O5S/c1-30(2,3)32-29(36)27(19-22-10-7-6-8-11-22)34(20-23-12-9-13-25(18-23)39-5)28(35)21-33(4)40(37,38)26-16-14-24(31)15-17-26/h6-18,27H,19-21H2,1-5H3,(H,32,36)/t27-/m0/s1. The maximum Gasteiger partial charge on any atom is 0.243 e. The van der Waals surface area contributed by atoms with E-state index in [-0.39, 0.29) is 23.8 Å². The van der Waals surface area contributed by atoms with E-state index in [2.05, 4.69) is 5.32 Å². The molecule has 0 spiro atoms. The van der Waals surface area contributed by atoms with Crippen molar-refractivity contribution in [2.45, 2.75) is 50.2 Å². The molecule has 3 aromatic carbocycles. The lowest BCUT2D eigenvalue weighted by atomic mass is 10.0. The maximum absolute atomic E-state index is 13.9. The van der Waals surface area contributed by atoms with Crippen LogP contribution in [-0.2, 0) is 32.6 Å². The molecule has 0 aliphatic carbocycles. The molecule has 0 saturated heterocycles. The van der Waals surface area contributed by atoms with Crippen molar-refractivity contribution < 1.29 is 22.7 Å². The lowest BCUT2D eigenvalue weighted by Gasteiger charge is -2.34. The van der Waals surface area contributed by atoms with Gasteiger partial charge in [0.25, 0.3) is 0 Å². The van der Waals surface area contributed by atoms with Crippen LogP contribution < -0.4 is 10.1 Å². The molecule has 40 heavy (non-hydrogen) atoms. The van der Waals surface area contributed by atoms with Gasteiger partial charge in [0.2, 0.25) is 21.8 Å². The topological polar surface area (TPSA) is 96.0 Å². The van der Waals surface area contributed by atoms with Crippen molar-refractivity contribution in [3.8, 4) is 5.75 Å². The summed E-state index contributed by atoms with van der Waals surface area (Å²) in [5, 5.41) is 3.39. The molecule has 0 aromatic heterocycles. The van der Waals surface area contributed by atoms with Crippen LogP contribution in [0.2, 0.25) is 5.02 Å². The van der Waals surface area contributed by atoms with Crippen molar-refractivity contribution in [1.29, 1.82) is 0 Å². The highest BCUT2D eigenvalue weighted by molar-refractivity contribution is 7.89. The first kappa shape index (κ1) is 31.1. The Labute approximate surface area is 241 Å². The first-order chi connectivity index (χ1) is 18.8. The summed E-state index contributed by atoms with van der Waals surface area (Å²) in [5.74, 6) is -0.255. The third-order valence-electron chi connectivity index (χ3n) is 6.14. The molecule has 0 radical (unpaired) electrons. The van der Waals surface area contributed by atoms with Crippen LogP contribution in [0.1, 0.15) is 31.9 Å². The number of carbonyl (C=O) groups is 2. The minimum atomic E-state index is -3.99. The lowest BCUT2D eigenvalue weighted by Crippen LogP contribution is -2.56. The number of hydrogen-bond donors (Lipinski definition) is 1. The molecule has 0 aliphatic heterocycles. The highest BCUT2D eigenvalue weighted by Gasteiger charge is 2.34. The van der Waals surface area contributed by atoms with Crippen LogP contribution in [-0.4, -0.2) is 61.7 Å². The number of hydrogen-bond acceptors (Lipinski definition) is 5. The third kappa shape index (κ3) is 8.55. The molecule has 0 bridgehead atoms. The van der Waals surface area contributed by atoms with Crippen LogP contribution in [0.4, 0.5) is 0 Å². The second kappa shape index (κ2) is 13.3. The molecule has 0 saturated carbocycles. The van der Waals surface area contributed by atoms with Crippen molar-refractivity contribution in [2.24, 2.45) is 0 Å². The Kier molecular flexibility index (Phi) is 10.4. The second-order valence-corrected chi connectivity index (χ2v) is 13.0. The van der Waals surface area contributed by atoms with Crippen LogP contribution in [0.5, 0.6) is 5.75 Å². The average Bonchev–Trinajstić information content (AvgIpc) is 2.90. The zero-order chi connectivity index (χ0) is 29.5. The molecule has 10 heteroatoms. The molecule has 0 aliphatic rings. The van der Waals surface area contributed by atoms with Gasteiger partial charge in [0.05, 0.1) is 18.6 Å². The number of halogens is 1. The second-order valence-electron chi connectivity index (χ2n) is 10.5. The predicted molar refractivity (Wildman–Crippen MR) is 157 cm³/mol. The number of likely N-dealkylation sites (N-methyl/N-ethyl adjacent to an activating group) is 1. The van der Waals surface area contributed by atoms with Crippen LogP contribution in [0.15, 0.2) is 83.8 Å². The number of methoxy groups -OCH3 is 1. The summed E-state index contributed by atoms with van der Waals surface area (Å²) in [6.07, 6.45) is 0.242. The van der Waals surface area contributed by atoms with E-state index in [0.717, 1.165) is 15.4 Å². The molecule has 0 fully saturated rings. The normalized spacial score (nSPS) is 12.6. The third-order valence-corrected chi connectivity index (χ3v) is 8.21. The Hall–Kier alpha value is -3.40. The van der Waals surface area contributed by atoms with Crippen LogP contribution in [0.3, 0.4) is 0 Å². The minimum Gasteiger partial charge on any atom is -0.497 e. The summed E-state index contributed by atoms with van der Waals surface area (Å²) < 4.78 is 32.8. The Morgan fingerprint density at radius 3 is 2.17 bits per heavy atom. The van der Waals surface area contributed by atoms with Crippen LogP contribution >= 0.6 is 11.6 Å². The number of benzene rings is 3. The number of nitrogens with zero attached hydrogens (tertiary/aromatic N) is 2. The van der Waals surface area contributed by atoms with Crippen molar-refractivity contribution in [3.05, 3.63) is 95.0 Å². The number of rotatable bonds is 11. The fourth-order valence-corrected chi connectivity index (χ4v) is 5.37. The van der Waals surface area contributed by atoms with E-state index in [1.807, 2.05) is 57.2 Å². The summed E-state index contributed by atoms with van der Waals surface area (Å²) in [6, 6.07) is 21.4. The van der Waals surface area contributed by atoms with Gasteiger partial charge in [0, 0.05) is 30.6 Å². The van der Waals surface area contributed by atoms with Gasteiger partial charge in [-0.1, -0.05) is 54.1 Å². The van der Waals surface area contributed by atoms with Gasteiger partial charge in [0.15, 0.2) is 0 Å².